The summed E-state index contributed by atoms with van der Waals surface area (Å²) in [6.45, 7) is -1.25. The Morgan fingerprint density at radius 3 is 1.50 bits per heavy atom. The van der Waals surface area contributed by atoms with Crippen molar-refractivity contribution in [3.63, 3.8) is 0 Å². The van der Waals surface area contributed by atoms with Crippen LogP contribution in [0.3, 0.4) is 0 Å². The van der Waals surface area contributed by atoms with Crippen LogP contribution in [-0.2, 0) is 14.2 Å². The molecular weight excluding hydrogens is 1910 g/mol. The van der Waals surface area contributed by atoms with Crippen LogP contribution in [0, 0.1) is 308 Å². The zero-order valence-corrected chi connectivity index (χ0v) is 49.4. The summed E-state index contributed by atoms with van der Waals surface area (Å²) in [5.74, 6) is 0. The van der Waals surface area contributed by atoms with E-state index in [1.165, 1.54) is 0 Å². The zero-order chi connectivity index (χ0) is 17.3. The monoisotopic (exact) mass is 1930 g/mol. The number of hydrogen-bond donors (Lipinski definition) is 8. The summed E-state index contributed by atoms with van der Waals surface area (Å²) in [6.07, 6.45) is -14.4. The van der Waals surface area contributed by atoms with Crippen LogP contribution in [0.2, 0.25) is 0 Å². The van der Waals surface area contributed by atoms with Crippen molar-refractivity contribution in [2.24, 2.45) is 5.73 Å². The van der Waals surface area contributed by atoms with Gasteiger partial charge in [0.15, 0.2) is 6.29 Å². The Morgan fingerprint density at radius 1 is 0.600 bits per heavy atom. The minimum absolute atomic E-state index is 0. The van der Waals surface area contributed by atoms with Gasteiger partial charge in [0.2, 0.25) is 0 Å². The van der Waals surface area contributed by atoms with Crippen LogP contribution in [0.25, 0.3) is 0 Å². The SMILES string of the molecule is NC1OC(CO)C(OC2OC(CO)C(O)C(O)C2O)C(O)C1O.[Ac].[Ac].[Ac].[Ac].[Ac].[Ac].[Ac]. The van der Waals surface area contributed by atoms with Gasteiger partial charge in [0.25, 0.3) is 0 Å². The number of aliphatic hydroxyl groups excluding tert-OH is 7. The van der Waals surface area contributed by atoms with E-state index in [9.17, 15) is 30.6 Å². The molecule has 2 aliphatic heterocycles. The van der Waals surface area contributed by atoms with E-state index >= 15 is 0 Å². The first kappa shape index (κ1) is 52.3. The van der Waals surface area contributed by atoms with Crippen molar-refractivity contribution in [1.82, 2.24) is 0 Å². The number of nitrogens with two attached hydrogens (primary N) is 1. The van der Waals surface area contributed by atoms with E-state index in [0.717, 1.165) is 0 Å². The number of rotatable bonds is 4. The summed E-state index contributed by atoms with van der Waals surface area (Å²) >= 11 is 0. The average molecular weight is 1930 g/mol. The summed E-state index contributed by atoms with van der Waals surface area (Å²) in [5, 5.41) is 67.4. The molecule has 2 rings (SSSR count). The summed E-state index contributed by atoms with van der Waals surface area (Å²) < 4.78 is 15.6. The Balaban J connectivity index is -0.000000206. The molecule has 2 fully saturated rings. The van der Waals surface area contributed by atoms with Gasteiger partial charge in [-0.15, -0.1) is 0 Å². The third-order valence-electron chi connectivity index (χ3n) is 4.04. The van der Waals surface area contributed by atoms with Gasteiger partial charge in [-0.05, 0) is 0 Å². The molecular formula is C12H23Ac7NO10. The zero-order valence-electron chi connectivity index (χ0n) is 16.2. The average Bonchev–Trinajstić information content (AvgIpc) is 2.55. The van der Waals surface area contributed by atoms with E-state index in [0.29, 0.717) is 0 Å². The minimum atomic E-state index is -1.69. The van der Waals surface area contributed by atoms with Gasteiger partial charge in [-0.2, -0.15) is 0 Å². The molecule has 0 saturated carbocycles. The van der Waals surface area contributed by atoms with Gasteiger partial charge in [-0.3, -0.25) is 0 Å². The van der Waals surface area contributed by atoms with E-state index in [2.05, 4.69) is 0 Å². The second-order valence-corrected chi connectivity index (χ2v) is 5.60. The molecule has 9 N–H and O–H groups in total. The van der Waals surface area contributed by atoms with Gasteiger partial charge < -0.3 is 55.7 Å². The van der Waals surface area contributed by atoms with Gasteiger partial charge in [-0.1, -0.05) is 0 Å². The second kappa shape index (κ2) is 27.5. The molecule has 0 aliphatic carbocycles. The largest absolute Gasteiger partial charge is 0.394 e. The van der Waals surface area contributed by atoms with Crippen LogP contribution < -0.4 is 5.73 Å². The van der Waals surface area contributed by atoms with E-state index in [1.807, 2.05) is 0 Å². The molecule has 0 aromatic carbocycles. The van der Waals surface area contributed by atoms with Crippen molar-refractivity contribution >= 4 is 0 Å². The number of ether oxygens (including phenoxy) is 3. The number of hydrogen-bond acceptors (Lipinski definition) is 11. The molecule has 2 aliphatic rings. The molecule has 30 heavy (non-hydrogen) atoms. The predicted molar refractivity (Wildman–Crippen MR) is 70.6 cm³/mol. The van der Waals surface area contributed by atoms with Gasteiger partial charge in [0, 0.05) is 308 Å². The van der Waals surface area contributed by atoms with Crippen molar-refractivity contribution in [3.8, 4) is 0 Å². The van der Waals surface area contributed by atoms with E-state index in [4.69, 9.17) is 25.1 Å². The van der Waals surface area contributed by atoms with Crippen molar-refractivity contribution < 1.29 is 358 Å². The second-order valence-electron chi connectivity index (χ2n) is 5.60. The van der Waals surface area contributed by atoms with Crippen LogP contribution in [0.5, 0.6) is 0 Å². The van der Waals surface area contributed by atoms with Crippen LogP contribution in [0.1, 0.15) is 0 Å². The smallest absolute Gasteiger partial charge is 0.187 e. The van der Waals surface area contributed by atoms with Crippen molar-refractivity contribution in [2.75, 3.05) is 13.2 Å². The molecule has 0 aromatic heterocycles. The minimum Gasteiger partial charge on any atom is -0.394 e. The molecule has 0 bridgehead atoms. The summed E-state index contributed by atoms with van der Waals surface area (Å²) in [7, 11) is 0. The maximum atomic E-state index is 10.0. The molecule has 157 valence electrons. The Morgan fingerprint density at radius 2 is 1.07 bits per heavy atom. The number of aliphatic hydroxyl groups is 7. The molecule has 10 unspecified atom stereocenters. The Labute approximate surface area is 425 Å². The molecule has 2 saturated heterocycles. The third-order valence-corrected chi connectivity index (χ3v) is 4.04. The van der Waals surface area contributed by atoms with Gasteiger partial charge in [0.05, 0.1) is 13.2 Å². The van der Waals surface area contributed by atoms with Gasteiger partial charge in [-0.25, -0.2) is 0 Å². The molecule has 0 spiro atoms. The van der Waals surface area contributed by atoms with Crippen LogP contribution in [0.4, 0.5) is 0 Å². The first-order valence-corrected chi connectivity index (χ1v) is 7.15. The molecule has 2 heterocycles. The molecule has 0 amide bonds. The summed E-state index contributed by atoms with van der Waals surface area (Å²) in [4.78, 5) is 0. The maximum Gasteiger partial charge on any atom is 0.187 e. The van der Waals surface area contributed by atoms with E-state index < -0.39 is 74.6 Å². The molecule has 0 aromatic rings. The maximum absolute atomic E-state index is 10.0. The standard InChI is InChI=1S/C12H23NO10.7Ac/c13-11-8(19)7(18)10(4(2-15)21-11)23-12-9(20)6(17)5(16)3(1-14)22-12;;;;;;;/h3-12,14-20H,1-2,13H2;;;;;;;. The van der Waals surface area contributed by atoms with Crippen molar-refractivity contribution in [2.45, 2.75) is 61.3 Å². The fourth-order valence-corrected chi connectivity index (χ4v) is 2.62. The van der Waals surface area contributed by atoms with Crippen LogP contribution in [0.15, 0.2) is 0 Å². The Bertz CT molecular complexity index is 406. The third kappa shape index (κ3) is 15.2. The van der Waals surface area contributed by atoms with E-state index in [-0.39, 0.29) is 308 Å². The van der Waals surface area contributed by atoms with Crippen LogP contribution in [-0.4, -0.2) is 110 Å². The quantitative estimate of drug-likeness (QED) is 0.134. The summed E-state index contributed by atoms with van der Waals surface area (Å²) in [6, 6.07) is 0. The van der Waals surface area contributed by atoms with Gasteiger partial charge >= 0.3 is 0 Å². The van der Waals surface area contributed by atoms with Gasteiger partial charge in [0.1, 0.15) is 55.1 Å². The predicted octanol–water partition coefficient (Wildman–Crippen LogP) is -5.43. The fraction of sp³-hybridized carbons (Fsp3) is 1.00. The molecule has 18 heteroatoms. The molecule has 11 nitrogen and oxygen atoms in total. The normalized spacial score (nSPS) is 39.6. The Hall–Kier alpha value is 9.65. The molecule has 10 atom stereocenters. The summed E-state index contributed by atoms with van der Waals surface area (Å²) in [5.41, 5.74) is 5.46. The van der Waals surface area contributed by atoms with E-state index in [1.54, 1.807) is 0 Å². The first-order chi connectivity index (χ1) is 10.8. The van der Waals surface area contributed by atoms with Crippen molar-refractivity contribution in [1.29, 1.82) is 0 Å². The molecule has 7 radical (unpaired) electrons. The Kier molecular flexibility index (Phi) is 47.9. The van der Waals surface area contributed by atoms with Crippen LogP contribution >= 0.6 is 0 Å². The first-order valence-electron chi connectivity index (χ1n) is 7.15. The fourth-order valence-electron chi connectivity index (χ4n) is 2.62. The topological polar surface area (TPSA) is 195 Å². The van der Waals surface area contributed by atoms with Crippen molar-refractivity contribution in [3.05, 3.63) is 0 Å².